The molecule has 0 radical (unpaired) electrons. The molecule has 1 saturated heterocycles. The van der Waals surface area contributed by atoms with Crippen LogP contribution in [0.2, 0.25) is 0 Å². The van der Waals surface area contributed by atoms with E-state index in [0.717, 1.165) is 25.9 Å². The number of rotatable bonds is 7. The average Bonchev–Trinajstić information content (AvgIpc) is 2.36. The topological polar surface area (TPSA) is 99.1 Å². The van der Waals surface area contributed by atoms with Crippen LogP contribution in [0, 0.1) is 0 Å². The highest BCUT2D eigenvalue weighted by molar-refractivity contribution is 5.82. The number of carbonyl (C=O) groups excluding carboxylic acids is 1. The molecular weight excluding hydrogens is 252 g/mol. The van der Waals surface area contributed by atoms with Crippen LogP contribution >= 0.6 is 0 Å². The number of nitrogens with zero attached hydrogens (tertiary/aromatic N) is 1. The third kappa shape index (κ3) is 6.00. The zero-order chi connectivity index (χ0) is 14.3. The lowest BCUT2D eigenvalue weighted by Crippen LogP contribution is -2.50. The van der Waals surface area contributed by atoms with Crippen LogP contribution in [0.25, 0.3) is 0 Å². The van der Waals surface area contributed by atoms with Gasteiger partial charge < -0.3 is 25.2 Å². The second-order valence-corrected chi connectivity index (χ2v) is 4.69. The van der Waals surface area contributed by atoms with Gasteiger partial charge in [-0.1, -0.05) is 0 Å². The highest BCUT2D eigenvalue weighted by Crippen LogP contribution is 2.13. The number of nitrogens with one attached hydrogen (secondary N) is 1. The molecule has 0 spiro atoms. The number of ether oxygens (including phenoxy) is 1. The van der Waals surface area contributed by atoms with Gasteiger partial charge in [0.2, 0.25) is 5.91 Å². The van der Waals surface area contributed by atoms with Crippen molar-refractivity contribution in [1.29, 1.82) is 0 Å². The van der Waals surface area contributed by atoms with Gasteiger partial charge >= 0.3 is 5.97 Å². The van der Waals surface area contributed by atoms with E-state index in [-0.39, 0.29) is 18.6 Å². The standard InChI is InChI=1S/C12H22N2O5/c1-9(16)13-11(12(17)18)8-14-4-2-10(3-5-14)19-7-6-15/h10-11,15H,2-8H2,1H3,(H,13,16)(H,17,18). The van der Waals surface area contributed by atoms with E-state index >= 15 is 0 Å². The Bertz CT molecular complexity index is 302. The molecule has 1 aliphatic heterocycles. The molecule has 3 N–H and O–H groups in total. The van der Waals surface area contributed by atoms with Crippen molar-refractivity contribution in [1.82, 2.24) is 10.2 Å². The van der Waals surface area contributed by atoms with E-state index in [1.165, 1.54) is 6.92 Å². The van der Waals surface area contributed by atoms with Gasteiger partial charge in [0.1, 0.15) is 6.04 Å². The first kappa shape index (κ1) is 15.9. The molecule has 7 nitrogen and oxygen atoms in total. The molecule has 0 aromatic heterocycles. The van der Waals surface area contributed by atoms with Crippen molar-refractivity contribution in [2.45, 2.75) is 31.9 Å². The number of carboxylic acid groups (broad SMARTS) is 1. The Labute approximate surface area is 112 Å². The predicted octanol–water partition coefficient (Wildman–Crippen LogP) is -0.951. The molecule has 1 unspecified atom stereocenters. The van der Waals surface area contributed by atoms with Crippen molar-refractivity contribution in [3.05, 3.63) is 0 Å². The largest absolute Gasteiger partial charge is 0.480 e. The van der Waals surface area contributed by atoms with Crippen LogP contribution in [0.5, 0.6) is 0 Å². The molecule has 1 amide bonds. The second kappa shape index (κ2) is 8.08. The fourth-order valence-corrected chi connectivity index (χ4v) is 2.17. The summed E-state index contributed by atoms with van der Waals surface area (Å²) < 4.78 is 5.43. The zero-order valence-corrected chi connectivity index (χ0v) is 11.2. The van der Waals surface area contributed by atoms with E-state index in [1.807, 2.05) is 4.90 Å². The molecule has 110 valence electrons. The summed E-state index contributed by atoms with van der Waals surface area (Å²) in [5, 5.41) is 20.1. The number of aliphatic carboxylic acids is 1. The van der Waals surface area contributed by atoms with Gasteiger partial charge in [-0.25, -0.2) is 4.79 Å². The van der Waals surface area contributed by atoms with Gasteiger partial charge in [0, 0.05) is 26.6 Å². The normalized spacial score (nSPS) is 19.1. The van der Waals surface area contributed by atoms with Crippen LogP contribution in [-0.2, 0) is 14.3 Å². The van der Waals surface area contributed by atoms with Crippen LogP contribution in [0.15, 0.2) is 0 Å². The Morgan fingerprint density at radius 2 is 2.05 bits per heavy atom. The van der Waals surface area contributed by atoms with Gasteiger partial charge in [-0.15, -0.1) is 0 Å². The molecule has 1 atom stereocenters. The van der Waals surface area contributed by atoms with Crippen molar-refractivity contribution in [2.24, 2.45) is 0 Å². The van der Waals surface area contributed by atoms with E-state index in [4.69, 9.17) is 14.9 Å². The minimum absolute atomic E-state index is 0.0177. The molecule has 7 heteroatoms. The molecule has 1 rings (SSSR count). The smallest absolute Gasteiger partial charge is 0.327 e. The van der Waals surface area contributed by atoms with E-state index in [0.29, 0.717) is 13.2 Å². The molecule has 0 aromatic carbocycles. The monoisotopic (exact) mass is 274 g/mol. The second-order valence-electron chi connectivity index (χ2n) is 4.69. The molecule has 0 saturated carbocycles. The van der Waals surface area contributed by atoms with Crippen molar-refractivity contribution < 1.29 is 24.5 Å². The third-order valence-electron chi connectivity index (χ3n) is 3.10. The molecule has 0 aliphatic carbocycles. The third-order valence-corrected chi connectivity index (χ3v) is 3.10. The number of amides is 1. The Balaban J connectivity index is 2.33. The maximum atomic E-state index is 11.0. The van der Waals surface area contributed by atoms with Crippen molar-refractivity contribution >= 4 is 11.9 Å². The Morgan fingerprint density at radius 1 is 1.42 bits per heavy atom. The van der Waals surface area contributed by atoms with Crippen LogP contribution < -0.4 is 5.32 Å². The predicted molar refractivity (Wildman–Crippen MR) is 67.7 cm³/mol. The van der Waals surface area contributed by atoms with Crippen LogP contribution in [-0.4, -0.2) is 72.0 Å². The van der Waals surface area contributed by atoms with Gasteiger partial charge in [-0.2, -0.15) is 0 Å². The first-order valence-corrected chi connectivity index (χ1v) is 6.47. The summed E-state index contributed by atoms with van der Waals surface area (Å²) in [6, 6.07) is -0.868. The molecule has 1 aliphatic rings. The lowest BCUT2D eigenvalue weighted by Gasteiger charge is -2.33. The van der Waals surface area contributed by atoms with Gasteiger partial charge in [-0.05, 0) is 12.8 Å². The molecule has 19 heavy (non-hydrogen) atoms. The summed E-state index contributed by atoms with van der Waals surface area (Å²) in [5.41, 5.74) is 0. The maximum Gasteiger partial charge on any atom is 0.327 e. The molecular formula is C12H22N2O5. The fourth-order valence-electron chi connectivity index (χ4n) is 2.17. The number of hydrogen-bond acceptors (Lipinski definition) is 5. The summed E-state index contributed by atoms with van der Waals surface area (Å²) in [6.07, 6.45) is 1.76. The zero-order valence-electron chi connectivity index (χ0n) is 11.2. The number of carboxylic acids is 1. The lowest BCUT2D eigenvalue weighted by molar-refractivity contribution is -0.142. The van der Waals surface area contributed by atoms with E-state index in [2.05, 4.69) is 5.32 Å². The van der Waals surface area contributed by atoms with Crippen LogP contribution in [0.4, 0.5) is 0 Å². The quantitative estimate of drug-likeness (QED) is 0.553. The number of likely N-dealkylation sites (tertiary alicyclic amines) is 1. The first-order valence-electron chi connectivity index (χ1n) is 6.47. The van der Waals surface area contributed by atoms with Gasteiger partial charge in [-0.3, -0.25) is 4.79 Å². The summed E-state index contributed by atoms with van der Waals surface area (Å²) in [6.45, 7) is 3.45. The van der Waals surface area contributed by atoms with Gasteiger partial charge in [0.05, 0.1) is 19.3 Å². The molecule has 1 heterocycles. The van der Waals surface area contributed by atoms with Gasteiger partial charge in [0.15, 0.2) is 0 Å². The fraction of sp³-hybridized carbons (Fsp3) is 0.833. The highest BCUT2D eigenvalue weighted by atomic mass is 16.5. The van der Waals surface area contributed by atoms with Crippen molar-refractivity contribution in [2.75, 3.05) is 32.8 Å². The summed E-state index contributed by atoms with van der Waals surface area (Å²) >= 11 is 0. The van der Waals surface area contributed by atoms with E-state index < -0.39 is 12.0 Å². The minimum Gasteiger partial charge on any atom is -0.480 e. The molecule has 0 aromatic rings. The number of aliphatic hydroxyl groups is 1. The van der Waals surface area contributed by atoms with Crippen molar-refractivity contribution in [3.8, 4) is 0 Å². The number of aliphatic hydroxyl groups excluding tert-OH is 1. The molecule has 1 fully saturated rings. The maximum absolute atomic E-state index is 11.0. The van der Waals surface area contributed by atoms with E-state index in [1.54, 1.807) is 0 Å². The Kier molecular flexibility index (Phi) is 6.75. The number of carbonyl (C=O) groups is 2. The Hall–Kier alpha value is -1.18. The average molecular weight is 274 g/mol. The lowest BCUT2D eigenvalue weighted by atomic mass is 10.1. The summed E-state index contributed by atoms with van der Waals surface area (Å²) in [7, 11) is 0. The SMILES string of the molecule is CC(=O)NC(CN1CCC(OCCO)CC1)C(=O)O. The number of hydrogen-bond donors (Lipinski definition) is 3. The van der Waals surface area contributed by atoms with Crippen LogP contribution in [0.3, 0.4) is 0 Å². The van der Waals surface area contributed by atoms with E-state index in [9.17, 15) is 9.59 Å². The Morgan fingerprint density at radius 3 is 2.53 bits per heavy atom. The summed E-state index contributed by atoms with van der Waals surface area (Å²) in [4.78, 5) is 24.0. The van der Waals surface area contributed by atoms with Crippen molar-refractivity contribution in [3.63, 3.8) is 0 Å². The molecule has 0 bridgehead atoms. The summed E-state index contributed by atoms with van der Waals surface area (Å²) in [5.74, 6) is -1.36. The number of piperidine rings is 1. The first-order chi connectivity index (χ1) is 9.02. The van der Waals surface area contributed by atoms with Crippen LogP contribution in [0.1, 0.15) is 19.8 Å². The minimum atomic E-state index is -1.02. The highest BCUT2D eigenvalue weighted by Gasteiger charge is 2.25. The van der Waals surface area contributed by atoms with Gasteiger partial charge in [0.25, 0.3) is 0 Å².